The number of oxazole rings is 2. The van der Waals surface area contributed by atoms with Gasteiger partial charge in [-0.1, -0.05) is 30.9 Å². The molecule has 1 saturated carbocycles. The summed E-state index contributed by atoms with van der Waals surface area (Å²) in [7, 11) is 0. The summed E-state index contributed by atoms with van der Waals surface area (Å²) in [6.07, 6.45) is 7.98. The molecule has 28 heavy (non-hydrogen) atoms. The number of amides is 2. The van der Waals surface area contributed by atoms with Gasteiger partial charge in [0.1, 0.15) is 11.8 Å². The number of fused-ring (bicyclic) bond motifs is 4. The number of carbonyl (C=O) groups excluding carboxylic acids is 1. The van der Waals surface area contributed by atoms with Crippen molar-refractivity contribution in [3.8, 4) is 0 Å². The van der Waals surface area contributed by atoms with Crippen LogP contribution in [0.15, 0.2) is 27.6 Å². The van der Waals surface area contributed by atoms with E-state index >= 15 is 0 Å². The van der Waals surface area contributed by atoms with Crippen molar-refractivity contribution in [3.63, 3.8) is 0 Å². The summed E-state index contributed by atoms with van der Waals surface area (Å²) in [5, 5.41) is 9.73. The van der Waals surface area contributed by atoms with Crippen LogP contribution in [0.2, 0.25) is 5.02 Å². The van der Waals surface area contributed by atoms with Gasteiger partial charge in [0.2, 0.25) is 5.89 Å². The Hall–Kier alpha value is -2.58. The molecule has 0 unspecified atom stereocenters. The number of aromatic nitrogens is 2. The average molecular weight is 402 g/mol. The average Bonchev–Trinajstić information content (AvgIpc) is 3.32. The van der Waals surface area contributed by atoms with Crippen molar-refractivity contribution in [2.75, 3.05) is 5.32 Å². The van der Waals surface area contributed by atoms with Crippen molar-refractivity contribution in [3.05, 3.63) is 40.9 Å². The van der Waals surface area contributed by atoms with E-state index in [0.717, 1.165) is 43.4 Å². The van der Waals surface area contributed by atoms with E-state index < -0.39 is 5.54 Å². The van der Waals surface area contributed by atoms with Crippen molar-refractivity contribution in [1.82, 2.24) is 20.6 Å². The standard InChI is InChI=1S/C19H20ClN5O3/c20-12-6-13-17(28-14(23-13)8-21-7-11-9-27-10-22-11)15-16(12)24-18(26)25-19(15)4-2-1-3-5-19/h6,9-10,21H,1-5,7-8H2,(H2,24,25,26). The lowest BCUT2D eigenvalue weighted by molar-refractivity contribution is 0.209. The van der Waals surface area contributed by atoms with Crippen LogP contribution in [-0.2, 0) is 18.6 Å². The van der Waals surface area contributed by atoms with Crippen LogP contribution in [0.25, 0.3) is 11.1 Å². The highest BCUT2D eigenvalue weighted by Gasteiger charge is 2.44. The van der Waals surface area contributed by atoms with Crippen LogP contribution in [0.4, 0.5) is 10.5 Å². The molecule has 0 bridgehead atoms. The van der Waals surface area contributed by atoms with E-state index in [0.29, 0.717) is 40.8 Å². The largest absolute Gasteiger partial charge is 0.451 e. The van der Waals surface area contributed by atoms with Crippen molar-refractivity contribution in [2.45, 2.75) is 50.7 Å². The van der Waals surface area contributed by atoms with E-state index in [1.807, 2.05) is 0 Å². The molecule has 1 aliphatic heterocycles. The number of benzene rings is 1. The van der Waals surface area contributed by atoms with Gasteiger partial charge in [-0.05, 0) is 18.9 Å². The number of nitrogens with one attached hydrogen (secondary N) is 3. The van der Waals surface area contributed by atoms with E-state index in [1.54, 1.807) is 12.3 Å². The molecule has 5 rings (SSSR count). The van der Waals surface area contributed by atoms with Crippen molar-refractivity contribution in [1.29, 1.82) is 0 Å². The minimum atomic E-state index is -0.454. The highest BCUT2D eigenvalue weighted by atomic mass is 35.5. The van der Waals surface area contributed by atoms with Gasteiger partial charge >= 0.3 is 6.03 Å². The number of nitrogens with zero attached hydrogens (tertiary/aromatic N) is 2. The number of halogens is 1. The van der Waals surface area contributed by atoms with Crippen LogP contribution in [0, 0.1) is 0 Å². The third-order valence-electron chi connectivity index (χ3n) is 5.52. The van der Waals surface area contributed by atoms with Gasteiger partial charge in [0.25, 0.3) is 0 Å². The van der Waals surface area contributed by atoms with Crippen LogP contribution in [0.5, 0.6) is 0 Å². The molecule has 3 N–H and O–H groups in total. The number of carbonyl (C=O) groups is 1. The Kier molecular flexibility index (Phi) is 4.25. The fraction of sp³-hybridized carbons (Fsp3) is 0.421. The number of hydrogen-bond acceptors (Lipinski definition) is 6. The lowest BCUT2D eigenvalue weighted by Crippen LogP contribution is -2.52. The number of anilines is 1. The SMILES string of the molecule is O=C1Nc2c(Cl)cc3nc(CNCc4cocn4)oc3c2C2(CCCCC2)N1. The summed E-state index contributed by atoms with van der Waals surface area (Å²) < 4.78 is 11.1. The summed E-state index contributed by atoms with van der Waals surface area (Å²) in [6, 6.07) is 1.53. The highest BCUT2D eigenvalue weighted by Crippen LogP contribution is 2.48. The second-order valence-corrected chi connectivity index (χ2v) is 7.78. The van der Waals surface area contributed by atoms with Gasteiger partial charge in [0.15, 0.2) is 12.0 Å². The first-order chi connectivity index (χ1) is 13.6. The molecule has 1 spiro atoms. The molecule has 146 valence electrons. The Bertz CT molecular complexity index is 1020. The third-order valence-corrected chi connectivity index (χ3v) is 5.82. The Morgan fingerprint density at radius 3 is 2.89 bits per heavy atom. The quantitative estimate of drug-likeness (QED) is 0.609. The summed E-state index contributed by atoms with van der Waals surface area (Å²) >= 11 is 6.51. The van der Waals surface area contributed by atoms with Gasteiger partial charge in [-0.25, -0.2) is 14.8 Å². The first-order valence-electron chi connectivity index (χ1n) is 9.44. The van der Waals surface area contributed by atoms with E-state index in [2.05, 4.69) is 25.9 Å². The maximum absolute atomic E-state index is 12.3. The van der Waals surface area contributed by atoms with Crippen LogP contribution in [0.3, 0.4) is 0 Å². The molecule has 1 aliphatic carbocycles. The molecule has 9 heteroatoms. The Morgan fingerprint density at radius 1 is 1.25 bits per heavy atom. The zero-order chi connectivity index (χ0) is 19.1. The fourth-order valence-electron chi connectivity index (χ4n) is 4.31. The molecule has 1 aromatic carbocycles. The lowest BCUT2D eigenvalue weighted by Gasteiger charge is -2.42. The van der Waals surface area contributed by atoms with Crippen molar-refractivity contribution in [2.24, 2.45) is 0 Å². The molecule has 1 fully saturated rings. The number of rotatable bonds is 4. The van der Waals surface area contributed by atoms with Gasteiger partial charge in [0.05, 0.1) is 28.5 Å². The molecule has 2 aromatic heterocycles. The molecule has 0 radical (unpaired) electrons. The van der Waals surface area contributed by atoms with E-state index in [1.165, 1.54) is 6.39 Å². The molecule has 0 atom stereocenters. The van der Waals surface area contributed by atoms with Crippen LogP contribution >= 0.6 is 11.6 Å². The normalized spacial score (nSPS) is 18.1. The molecular weight excluding hydrogens is 382 g/mol. The first kappa shape index (κ1) is 17.5. The molecule has 8 nitrogen and oxygen atoms in total. The van der Waals surface area contributed by atoms with Gasteiger partial charge in [0, 0.05) is 12.1 Å². The van der Waals surface area contributed by atoms with Gasteiger partial charge in [-0.15, -0.1) is 0 Å². The Morgan fingerprint density at radius 2 is 2.11 bits per heavy atom. The molecule has 2 aliphatic rings. The zero-order valence-electron chi connectivity index (χ0n) is 15.2. The van der Waals surface area contributed by atoms with Crippen molar-refractivity contribution >= 4 is 34.4 Å². The summed E-state index contributed by atoms with van der Waals surface area (Å²) in [5.74, 6) is 0.561. The second kappa shape index (κ2) is 6.79. The number of urea groups is 1. The van der Waals surface area contributed by atoms with Gasteiger partial charge in [-0.3, -0.25) is 0 Å². The highest BCUT2D eigenvalue weighted by molar-refractivity contribution is 6.35. The van der Waals surface area contributed by atoms with E-state index in [4.69, 9.17) is 20.4 Å². The summed E-state index contributed by atoms with van der Waals surface area (Å²) in [6.45, 7) is 0.996. The summed E-state index contributed by atoms with van der Waals surface area (Å²) in [4.78, 5) is 21.0. The Balaban J connectivity index is 1.52. The van der Waals surface area contributed by atoms with Gasteiger partial charge < -0.3 is 24.8 Å². The lowest BCUT2D eigenvalue weighted by atomic mass is 9.74. The molecule has 2 amide bonds. The molecule has 3 heterocycles. The molecule has 0 saturated heterocycles. The fourth-order valence-corrected chi connectivity index (χ4v) is 4.56. The monoisotopic (exact) mass is 401 g/mol. The zero-order valence-corrected chi connectivity index (χ0v) is 15.9. The Labute approximate surface area is 166 Å². The maximum Gasteiger partial charge on any atom is 0.319 e. The minimum Gasteiger partial charge on any atom is -0.451 e. The van der Waals surface area contributed by atoms with E-state index in [9.17, 15) is 4.79 Å². The number of hydrogen-bond donors (Lipinski definition) is 3. The smallest absolute Gasteiger partial charge is 0.319 e. The van der Waals surface area contributed by atoms with Crippen LogP contribution < -0.4 is 16.0 Å². The van der Waals surface area contributed by atoms with Crippen LogP contribution in [0.1, 0.15) is 49.3 Å². The minimum absolute atomic E-state index is 0.218. The molecule has 3 aromatic rings. The van der Waals surface area contributed by atoms with Crippen LogP contribution in [-0.4, -0.2) is 16.0 Å². The van der Waals surface area contributed by atoms with Crippen molar-refractivity contribution < 1.29 is 13.6 Å². The topological polar surface area (TPSA) is 105 Å². The predicted octanol–water partition coefficient (Wildman–Crippen LogP) is 4.05. The third kappa shape index (κ3) is 2.93. The first-order valence-corrected chi connectivity index (χ1v) is 9.82. The molecular formula is C19H20ClN5O3. The van der Waals surface area contributed by atoms with E-state index in [-0.39, 0.29) is 6.03 Å². The predicted molar refractivity (Wildman–Crippen MR) is 103 cm³/mol. The second-order valence-electron chi connectivity index (χ2n) is 7.37. The van der Waals surface area contributed by atoms with Gasteiger partial charge in [-0.2, -0.15) is 0 Å². The summed E-state index contributed by atoms with van der Waals surface area (Å²) in [5.41, 5.74) is 3.30. The maximum atomic E-state index is 12.3.